The fraction of sp³-hybridized carbons (Fsp3) is 0.462. The van der Waals surface area contributed by atoms with Crippen LogP contribution in [-0.2, 0) is 9.47 Å². The monoisotopic (exact) mass is 222 g/mol. The largest absolute Gasteiger partial charge is 0.382 e. The number of Topliss-reactive ketones (excluding diaryl/α,β-unsaturated/α-hetero) is 1. The quantitative estimate of drug-likeness (QED) is 0.524. The first kappa shape index (κ1) is 12.9. The number of hydrogen-bond acceptors (Lipinski definition) is 3. The van der Waals surface area contributed by atoms with E-state index in [1.54, 1.807) is 7.11 Å². The molecular weight excluding hydrogens is 204 g/mol. The van der Waals surface area contributed by atoms with Gasteiger partial charge in [0.25, 0.3) is 0 Å². The van der Waals surface area contributed by atoms with Crippen molar-refractivity contribution < 1.29 is 14.3 Å². The summed E-state index contributed by atoms with van der Waals surface area (Å²) in [6, 6.07) is 9.23. The van der Waals surface area contributed by atoms with Crippen molar-refractivity contribution in [2.45, 2.75) is 19.4 Å². The fourth-order valence-corrected chi connectivity index (χ4v) is 1.44. The van der Waals surface area contributed by atoms with Gasteiger partial charge in [0.1, 0.15) is 6.10 Å². The summed E-state index contributed by atoms with van der Waals surface area (Å²) in [6.45, 7) is 2.91. The highest BCUT2D eigenvalue weighted by Gasteiger charge is 2.18. The molecule has 0 spiro atoms. The van der Waals surface area contributed by atoms with Crippen molar-refractivity contribution in [1.29, 1.82) is 0 Å². The van der Waals surface area contributed by atoms with Gasteiger partial charge in [-0.15, -0.1) is 0 Å². The SMILES string of the molecule is CCC(OCCOC)C(=O)c1ccccc1. The summed E-state index contributed by atoms with van der Waals surface area (Å²) in [6.07, 6.45) is 0.315. The first-order valence-electron chi connectivity index (χ1n) is 5.49. The van der Waals surface area contributed by atoms with Crippen molar-refractivity contribution in [3.05, 3.63) is 35.9 Å². The molecule has 1 aromatic rings. The van der Waals surface area contributed by atoms with Crippen LogP contribution in [0, 0.1) is 0 Å². The lowest BCUT2D eigenvalue weighted by Gasteiger charge is -2.14. The molecule has 0 radical (unpaired) electrons. The lowest BCUT2D eigenvalue weighted by molar-refractivity contribution is 0.0178. The van der Waals surface area contributed by atoms with Crippen LogP contribution >= 0.6 is 0 Å². The fourth-order valence-electron chi connectivity index (χ4n) is 1.44. The Labute approximate surface area is 96.4 Å². The molecule has 0 amide bonds. The number of ketones is 1. The second-order valence-corrected chi connectivity index (χ2v) is 3.49. The highest BCUT2D eigenvalue weighted by molar-refractivity contribution is 5.99. The predicted molar refractivity (Wildman–Crippen MR) is 62.7 cm³/mol. The molecule has 0 aliphatic heterocycles. The van der Waals surface area contributed by atoms with E-state index in [9.17, 15) is 4.79 Å². The van der Waals surface area contributed by atoms with Crippen molar-refractivity contribution in [1.82, 2.24) is 0 Å². The van der Waals surface area contributed by atoms with E-state index in [4.69, 9.17) is 9.47 Å². The lowest BCUT2D eigenvalue weighted by Crippen LogP contribution is -2.25. The van der Waals surface area contributed by atoms with Gasteiger partial charge in [-0.05, 0) is 6.42 Å². The normalized spacial score (nSPS) is 12.4. The van der Waals surface area contributed by atoms with Gasteiger partial charge in [-0.2, -0.15) is 0 Å². The van der Waals surface area contributed by atoms with Crippen LogP contribution in [0.25, 0.3) is 0 Å². The molecule has 3 heteroatoms. The summed E-state index contributed by atoms with van der Waals surface area (Å²) < 4.78 is 10.4. The molecule has 1 aromatic carbocycles. The molecule has 1 unspecified atom stereocenters. The first-order valence-corrected chi connectivity index (χ1v) is 5.49. The Kier molecular flexibility index (Phi) is 5.75. The van der Waals surface area contributed by atoms with Crippen LogP contribution < -0.4 is 0 Å². The van der Waals surface area contributed by atoms with Crippen LogP contribution in [-0.4, -0.2) is 32.2 Å². The van der Waals surface area contributed by atoms with Crippen molar-refractivity contribution in [2.75, 3.05) is 20.3 Å². The number of hydrogen-bond donors (Lipinski definition) is 0. The summed E-state index contributed by atoms with van der Waals surface area (Å²) in [5.74, 6) is 0.0409. The van der Waals surface area contributed by atoms with E-state index in [1.807, 2.05) is 37.3 Å². The van der Waals surface area contributed by atoms with Crippen LogP contribution in [0.3, 0.4) is 0 Å². The average Bonchev–Trinajstić information content (AvgIpc) is 2.35. The highest BCUT2D eigenvalue weighted by atomic mass is 16.5. The zero-order chi connectivity index (χ0) is 11.8. The van der Waals surface area contributed by atoms with E-state index in [-0.39, 0.29) is 11.9 Å². The Bertz CT molecular complexity index is 308. The Morgan fingerprint density at radius 3 is 2.50 bits per heavy atom. The van der Waals surface area contributed by atoms with Crippen molar-refractivity contribution >= 4 is 5.78 Å². The van der Waals surface area contributed by atoms with Gasteiger partial charge in [0.15, 0.2) is 5.78 Å². The molecule has 0 aliphatic carbocycles. The summed E-state index contributed by atoms with van der Waals surface area (Å²) >= 11 is 0. The van der Waals surface area contributed by atoms with E-state index in [0.717, 1.165) is 0 Å². The molecule has 0 heterocycles. The van der Waals surface area contributed by atoms with Gasteiger partial charge in [-0.25, -0.2) is 0 Å². The maximum atomic E-state index is 12.0. The molecular formula is C13H18O3. The smallest absolute Gasteiger partial charge is 0.191 e. The maximum absolute atomic E-state index is 12.0. The van der Waals surface area contributed by atoms with Gasteiger partial charge in [0.05, 0.1) is 13.2 Å². The molecule has 0 aliphatic rings. The van der Waals surface area contributed by atoms with Gasteiger partial charge in [0, 0.05) is 12.7 Å². The van der Waals surface area contributed by atoms with Crippen LogP contribution in [0.5, 0.6) is 0 Å². The minimum Gasteiger partial charge on any atom is -0.382 e. The topological polar surface area (TPSA) is 35.5 Å². The Balaban J connectivity index is 2.56. The zero-order valence-corrected chi connectivity index (χ0v) is 9.81. The van der Waals surface area contributed by atoms with Gasteiger partial charge in [0.2, 0.25) is 0 Å². The van der Waals surface area contributed by atoms with Gasteiger partial charge < -0.3 is 9.47 Å². The van der Waals surface area contributed by atoms with Gasteiger partial charge in [-0.3, -0.25) is 4.79 Å². The van der Waals surface area contributed by atoms with Crippen molar-refractivity contribution in [3.8, 4) is 0 Å². The Hall–Kier alpha value is -1.19. The standard InChI is InChI=1S/C13H18O3/c1-3-12(16-10-9-15-2)13(14)11-7-5-4-6-8-11/h4-8,12H,3,9-10H2,1-2H3. The van der Waals surface area contributed by atoms with Crippen molar-refractivity contribution in [2.24, 2.45) is 0 Å². The lowest BCUT2D eigenvalue weighted by atomic mass is 10.0. The van der Waals surface area contributed by atoms with Gasteiger partial charge >= 0.3 is 0 Å². The molecule has 0 saturated heterocycles. The van der Waals surface area contributed by atoms with Crippen LogP contribution in [0.4, 0.5) is 0 Å². The summed E-state index contributed by atoms with van der Waals surface area (Å²) in [5.41, 5.74) is 0.701. The molecule has 0 saturated carbocycles. The van der Waals surface area contributed by atoms with Crippen molar-refractivity contribution in [3.63, 3.8) is 0 Å². The molecule has 1 atom stereocenters. The van der Waals surface area contributed by atoms with E-state index >= 15 is 0 Å². The number of methoxy groups -OCH3 is 1. The van der Waals surface area contributed by atoms with Crippen LogP contribution in [0.15, 0.2) is 30.3 Å². The number of rotatable bonds is 7. The molecule has 16 heavy (non-hydrogen) atoms. The van der Waals surface area contributed by atoms with E-state index in [1.165, 1.54) is 0 Å². The molecule has 88 valence electrons. The molecule has 0 N–H and O–H groups in total. The zero-order valence-electron chi connectivity index (χ0n) is 9.81. The molecule has 0 fully saturated rings. The third-order valence-corrected chi connectivity index (χ3v) is 2.33. The van der Waals surface area contributed by atoms with E-state index < -0.39 is 0 Å². The number of carbonyl (C=O) groups is 1. The van der Waals surface area contributed by atoms with Crippen LogP contribution in [0.2, 0.25) is 0 Å². The predicted octanol–water partition coefficient (Wildman–Crippen LogP) is 2.31. The Morgan fingerprint density at radius 2 is 1.94 bits per heavy atom. The third kappa shape index (κ3) is 3.76. The van der Waals surface area contributed by atoms with Gasteiger partial charge in [-0.1, -0.05) is 37.3 Å². The summed E-state index contributed by atoms with van der Waals surface area (Å²) in [5, 5.41) is 0. The maximum Gasteiger partial charge on any atom is 0.191 e. The van der Waals surface area contributed by atoms with E-state index in [2.05, 4.69) is 0 Å². The second kappa shape index (κ2) is 7.14. The Morgan fingerprint density at radius 1 is 1.25 bits per heavy atom. The van der Waals surface area contributed by atoms with E-state index in [0.29, 0.717) is 25.2 Å². The summed E-state index contributed by atoms with van der Waals surface area (Å²) in [4.78, 5) is 12.0. The molecule has 3 nitrogen and oxygen atoms in total. The van der Waals surface area contributed by atoms with Crippen LogP contribution in [0.1, 0.15) is 23.7 Å². The minimum absolute atomic E-state index is 0.0409. The average molecular weight is 222 g/mol. The second-order valence-electron chi connectivity index (χ2n) is 3.49. The summed E-state index contributed by atoms with van der Waals surface area (Å²) in [7, 11) is 1.61. The number of benzene rings is 1. The highest BCUT2D eigenvalue weighted by Crippen LogP contribution is 2.09. The number of carbonyl (C=O) groups excluding carboxylic acids is 1. The molecule has 1 rings (SSSR count). The third-order valence-electron chi connectivity index (χ3n) is 2.33. The first-order chi connectivity index (χ1) is 7.79. The minimum atomic E-state index is -0.363. The molecule has 0 aromatic heterocycles. The number of ether oxygens (including phenoxy) is 2. The molecule has 0 bridgehead atoms.